The third-order valence-electron chi connectivity index (χ3n) is 5.80. The highest BCUT2D eigenvalue weighted by atomic mass is 16.5. The lowest BCUT2D eigenvalue weighted by Gasteiger charge is -2.16. The third-order valence-corrected chi connectivity index (χ3v) is 5.80. The first-order valence-corrected chi connectivity index (χ1v) is 9.96. The van der Waals surface area contributed by atoms with Crippen LogP contribution >= 0.6 is 0 Å². The second kappa shape index (κ2) is 7.26. The number of hydrogen-bond donors (Lipinski definition) is 0. The average Bonchev–Trinajstić information content (AvgIpc) is 3.04. The van der Waals surface area contributed by atoms with Gasteiger partial charge in [0.25, 0.3) is 0 Å². The van der Waals surface area contributed by atoms with Crippen molar-refractivity contribution in [2.45, 2.75) is 12.8 Å². The van der Waals surface area contributed by atoms with Crippen molar-refractivity contribution in [1.29, 1.82) is 0 Å². The molecule has 1 heterocycles. The number of fused-ring (bicyclic) bond motifs is 2. The molecule has 30 heavy (non-hydrogen) atoms. The van der Waals surface area contributed by atoms with Crippen LogP contribution in [0.3, 0.4) is 0 Å². The van der Waals surface area contributed by atoms with E-state index in [0.717, 1.165) is 10.8 Å². The molecule has 1 saturated heterocycles. The molecule has 3 aromatic rings. The van der Waals surface area contributed by atoms with Gasteiger partial charge in [0, 0.05) is 5.39 Å². The molecule has 5 rings (SSSR count). The maximum atomic E-state index is 12.8. The van der Waals surface area contributed by atoms with Gasteiger partial charge in [-0.05, 0) is 42.5 Å². The highest BCUT2D eigenvalue weighted by Gasteiger charge is 2.47. The number of carbonyl (C=O) groups excluding carboxylic acids is 3. The fraction of sp³-hybridized carbons (Fsp3) is 0.160. The number of carbonyl (C=O) groups is 3. The third kappa shape index (κ3) is 2.99. The Balaban J connectivity index is 1.43. The zero-order valence-electron chi connectivity index (χ0n) is 16.2. The first kappa shape index (κ1) is 18.3. The summed E-state index contributed by atoms with van der Waals surface area (Å²) in [4.78, 5) is 39.7. The molecule has 2 atom stereocenters. The molecule has 0 spiro atoms. The number of anilines is 1. The van der Waals surface area contributed by atoms with Crippen molar-refractivity contribution < 1.29 is 19.1 Å². The van der Waals surface area contributed by atoms with Crippen molar-refractivity contribution in [1.82, 2.24) is 0 Å². The Bertz CT molecular complexity index is 1180. The number of allylic oxidation sites excluding steroid dienone is 2. The lowest BCUT2D eigenvalue weighted by molar-refractivity contribution is -0.122. The van der Waals surface area contributed by atoms with E-state index in [2.05, 4.69) is 0 Å². The monoisotopic (exact) mass is 397 g/mol. The van der Waals surface area contributed by atoms with Crippen LogP contribution in [0.25, 0.3) is 10.8 Å². The zero-order chi connectivity index (χ0) is 20.7. The van der Waals surface area contributed by atoms with Crippen molar-refractivity contribution in [2.75, 3.05) is 4.90 Å². The highest BCUT2D eigenvalue weighted by molar-refractivity contribution is 6.22. The lowest BCUT2D eigenvalue weighted by atomic mass is 9.85. The summed E-state index contributed by atoms with van der Waals surface area (Å²) in [5.74, 6) is -1.09. The minimum absolute atomic E-state index is 0.200. The summed E-state index contributed by atoms with van der Waals surface area (Å²) in [5, 5.41) is 1.81. The Morgan fingerprint density at radius 2 is 1.50 bits per heavy atom. The summed E-state index contributed by atoms with van der Waals surface area (Å²) < 4.78 is 5.64. The van der Waals surface area contributed by atoms with Crippen LogP contribution in [-0.2, 0) is 9.59 Å². The van der Waals surface area contributed by atoms with Crippen LogP contribution in [0, 0.1) is 11.8 Å². The van der Waals surface area contributed by atoms with E-state index in [-0.39, 0.29) is 29.2 Å². The summed E-state index contributed by atoms with van der Waals surface area (Å²) >= 11 is 0. The molecule has 2 aliphatic rings. The van der Waals surface area contributed by atoms with Crippen LogP contribution in [0.15, 0.2) is 78.9 Å². The van der Waals surface area contributed by atoms with E-state index in [1.54, 1.807) is 30.3 Å². The molecule has 0 N–H and O–H groups in total. The minimum atomic E-state index is -0.536. The van der Waals surface area contributed by atoms with Crippen LogP contribution in [-0.4, -0.2) is 17.8 Å². The number of nitrogens with zero attached hydrogens (tertiary/aromatic N) is 1. The Hall–Kier alpha value is -3.73. The van der Waals surface area contributed by atoms with Gasteiger partial charge in [-0.3, -0.25) is 14.5 Å². The SMILES string of the molecule is O=C(Oc1cccc2ccccc12)c1cccc(N2C(=O)C3CC=CCC3C2=O)c1. The maximum absolute atomic E-state index is 12.8. The molecule has 1 aliphatic heterocycles. The Morgan fingerprint density at radius 1 is 0.833 bits per heavy atom. The molecule has 0 bridgehead atoms. The van der Waals surface area contributed by atoms with Gasteiger partial charge >= 0.3 is 5.97 Å². The van der Waals surface area contributed by atoms with Gasteiger partial charge in [0.05, 0.1) is 23.1 Å². The summed E-state index contributed by atoms with van der Waals surface area (Å²) in [6.07, 6.45) is 5.06. The van der Waals surface area contributed by atoms with E-state index in [9.17, 15) is 14.4 Å². The predicted molar refractivity (Wildman–Crippen MR) is 113 cm³/mol. The van der Waals surface area contributed by atoms with Crippen LogP contribution in [0.4, 0.5) is 5.69 Å². The summed E-state index contributed by atoms with van der Waals surface area (Å²) in [6, 6.07) is 19.7. The Labute approximate surface area is 173 Å². The van der Waals surface area contributed by atoms with Gasteiger partial charge < -0.3 is 4.74 Å². The van der Waals surface area contributed by atoms with E-state index >= 15 is 0 Å². The summed E-state index contributed by atoms with van der Waals surface area (Å²) in [7, 11) is 0. The second-order valence-electron chi connectivity index (χ2n) is 7.58. The number of amides is 2. The maximum Gasteiger partial charge on any atom is 0.343 e. The molecule has 0 radical (unpaired) electrons. The average molecular weight is 397 g/mol. The van der Waals surface area contributed by atoms with Gasteiger partial charge in [-0.1, -0.05) is 54.6 Å². The number of hydrogen-bond acceptors (Lipinski definition) is 4. The van der Waals surface area contributed by atoms with E-state index in [1.165, 1.54) is 4.90 Å². The van der Waals surface area contributed by atoms with Gasteiger partial charge in [0.2, 0.25) is 11.8 Å². The predicted octanol–water partition coefficient (Wildman–Crippen LogP) is 4.51. The summed E-state index contributed by atoms with van der Waals surface area (Å²) in [5.41, 5.74) is 0.695. The Kier molecular flexibility index (Phi) is 4.43. The van der Waals surface area contributed by atoms with E-state index in [1.807, 2.05) is 48.6 Å². The zero-order valence-corrected chi connectivity index (χ0v) is 16.2. The standard InChI is InChI=1S/C25H19NO4/c27-23-20-12-3-4-13-21(20)24(28)26(23)18-10-5-9-17(15-18)25(29)30-22-14-6-8-16-7-1-2-11-19(16)22/h1-11,14-15,20-21H,12-13H2. The number of ether oxygens (including phenoxy) is 1. The van der Waals surface area contributed by atoms with E-state index in [0.29, 0.717) is 24.3 Å². The molecule has 0 saturated carbocycles. The molecule has 0 aromatic heterocycles. The molecule has 148 valence electrons. The molecule has 3 aromatic carbocycles. The van der Waals surface area contributed by atoms with Crippen LogP contribution in [0.5, 0.6) is 5.75 Å². The number of imide groups is 1. The van der Waals surface area contributed by atoms with Crippen molar-refractivity contribution in [3.63, 3.8) is 0 Å². The van der Waals surface area contributed by atoms with Gasteiger partial charge in [-0.2, -0.15) is 0 Å². The molecule has 1 fully saturated rings. The van der Waals surface area contributed by atoms with Crippen molar-refractivity contribution >= 4 is 34.2 Å². The number of rotatable bonds is 3. The second-order valence-corrected chi connectivity index (χ2v) is 7.58. The molecule has 2 amide bonds. The molecular weight excluding hydrogens is 378 g/mol. The van der Waals surface area contributed by atoms with Gasteiger partial charge in [0.15, 0.2) is 0 Å². The lowest BCUT2D eigenvalue weighted by Crippen LogP contribution is -2.31. The van der Waals surface area contributed by atoms with Crippen LogP contribution in [0.1, 0.15) is 23.2 Å². The first-order chi connectivity index (χ1) is 14.6. The minimum Gasteiger partial charge on any atom is -0.422 e. The molecular formula is C25H19NO4. The van der Waals surface area contributed by atoms with Crippen molar-refractivity contribution in [2.24, 2.45) is 11.8 Å². The van der Waals surface area contributed by atoms with E-state index < -0.39 is 5.97 Å². The molecule has 5 nitrogen and oxygen atoms in total. The fourth-order valence-corrected chi connectivity index (χ4v) is 4.27. The Morgan fingerprint density at radius 3 is 2.27 bits per heavy atom. The fourth-order valence-electron chi connectivity index (χ4n) is 4.27. The normalized spacial score (nSPS) is 20.5. The van der Waals surface area contributed by atoms with E-state index in [4.69, 9.17) is 4.74 Å². The van der Waals surface area contributed by atoms with Gasteiger partial charge in [-0.15, -0.1) is 0 Å². The van der Waals surface area contributed by atoms with Crippen molar-refractivity contribution in [3.05, 3.63) is 84.4 Å². The molecule has 2 unspecified atom stereocenters. The quantitative estimate of drug-likeness (QED) is 0.282. The summed E-state index contributed by atoms with van der Waals surface area (Å²) in [6.45, 7) is 0. The van der Waals surface area contributed by atoms with Crippen LogP contribution in [0.2, 0.25) is 0 Å². The van der Waals surface area contributed by atoms with Crippen molar-refractivity contribution in [3.8, 4) is 5.75 Å². The topological polar surface area (TPSA) is 63.7 Å². The van der Waals surface area contributed by atoms with Gasteiger partial charge in [-0.25, -0.2) is 4.79 Å². The highest BCUT2D eigenvalue weighted by Crippen LogP contribution is 2.38. The smallest absolute Gasteiger partial charge is 0.343 e. The number of benzene rings is 3. The molecule has 5 heteroatoms. The molecule has 1 aliphatic carbocycles. The first-order valence-electron chi connectivity index (χ1n) is 9.96. The largest absolute Gasteiger partial charge is 0.422 e. The number of esters is 1. The van der Waals surface area contributed by atoms with Gasteiger partial charge in [0.1, 0.15) is 5.75 Å². The van der Waals surface area contributed by atoms with Crippen LogP contribution < -0.4 is 9.64 Å².